The van der Waals surface area contributed by atoms with Crippen LogP contribution in [0.25, 0.3) is 0 Å². The molecule has 11 heteroatoms. The van der Waals surface area contributed by atoms with Gasteiger partial charge in [0.05, 0.1) is 0 Å². The predicted molar refractivity (Wildman–Crippen MR) is 116 cm³/mol. The van der Waals surface area contributed by atoms with E-state index in [0.717, 1.165) is 31.6 Å². The zero-order chi connectivity index (χ0) is 25.3. The number of hydrogen-bond donors (Lipinski definition) is 1. The summed E-state index contributed by atoms with van der Waals surface area (Å²) in [6.07, 6.45) is -2.11. The number of carboxylic acid groups (broad SMARTS) is 1. The third-order valence-electron chi connectivity index (χ3n) is 5.27. The van der Waals surface area contributed by atoms with Gasteiger partial charge in [-0.2, -0.15) is 13.2 Å². The van der Waals surface area contributed by atoms with Crippen molar-refractivity contribution >= 4 is 11.9 Å². The van der Waals surface area contributed by atoms with Crippen molar-refractivity contribution in [3.63, 3.8) is 0 Å². The lowest BCUT2D eigenvalue weighted by molar-refractivity contribution is -0.192. The van der Waals surface area contributed by atoms with Crippen LogP contribution >= 0.6 is 0 Å². The zero-order valence-corrected chi connectivity index (χ0v) is 19.1. The van der Waals surface area contributed by atoms with E-state index < -0.39 is 12.1 Å². The molecule has 7 nitrogen and oxygen atoms in total. The summed E-state index contributed by atoms with van der Waals surface area (Å²) in [6.45, 7) is 3.86. The van der Waals surface area contributed by atoms with Crippen LogP contribution < -0.4 is 0 Å². The lowest BCUT2D eigenvalue weighted by atomic mass is 10.1. The Hall–Kier alpha value is -2.92. The maximum absolute atomic E-state index is 14.1. The number of carbonyl (C=O) groups is 2. The molecule has 0 spiro atoms. The normalized spacial score (nSPS) is 16.1. The largest absolute Gasteiger partial charge is 0.490 e. The van der Waals surface area contributed by atoms with E-state index >= 15 is 0 Å². The minimum atomic E-state index is -5.08. The maximum Gasteiger partial charge on any atom is 0.490 e. The molecule has 1 aliphatic rings. The first-order chi connectivity index (χ1) is 16.0. The molecule has 0 fully saturated rings. The lowest BCUT2D eigenvalue weighted by Gasteiger charge is -2.24. The van der Waals surface area contributed by atoms with E-state index in [1.165, 1.54) is 16.7 Å². The molecule has 34 heavy (non-hydrogen) atoms. The van der Waals surface area contributed by atoms with Gasteiger partial charge in [0.15, 0.2) is 0 Å². The number of carbonyl (C=O) groups excluding carboxylic acids is 1. The Morgan fingerprint density at radius 3 is 2.44 bits per heavy atom. The Kier molecular flexibility index (Phi) is 10.1. The predicted octanol–water partition coefficient (Wildman–Crippen LogP) is 3.39. The first-order valence-corrected chi connectivity index (χ1v) is 10.6. The monoisotopic (exact) mass is 487 g/mol. The van der Waals surface area contributed by atoms with Gasteiger partial charge in [-0.25, -0.2) is 9.18 Å². The molecular weight excluding hydrogens is 458 g/mol. The molecule has 2 heterocycles. The number of carboxylic acids is 1. The van der Waals surface area contributed by atoms with Gasteiger partial charge in [0, 0.05) is 64.3 Å². The molecule has 188 valence electrons. The van der Waals surface area contributed by atoms with Crippen LogP contribution in [-0.4, -0.2) is 71.4 Å². The number of amides is 1. The molecule has 2 aromatic rings. The van der Waals surface area contributed by atoms with E-state index in [9.17, 15) is 22.4 Å². The molecule has 1 atom stereocenters. The summed E-state index contributed by atoms with van der Waals surface area (Å²) in [5, 5.41) is 7.12. The van der Waals surface area contributed by atoms with Gasteiger partial charge in [-0.05, 0) is 30.5 Å². The van der Waals surface area contributed by atoms with E-state index in [1.807, 2.05) is 12.1 Å². The highest BCUT2D eigenvalue weighted by Crippen LogP contribution is 2.22. The van der Waals surface area contributed by atoms with Crippen molar-refractivity contribution in [2.45, 2.75) is 32.2 Å². The standard InChI is InChI=1S/C21H28FN3O2.C2HF3O2/c1-23(2)21(26)16-27-11-9-17-12-24(14-18-6-3-4-8-20(18)22)15-19-7-5-10-25(19)13-17;3-2(4,5)1(6)7/h3-8,10,17H,9,11-16H2,1-2H3;(H,6,7). The van der Waals surface area contributed by atoms with Crippen LogP contribution in [0.3, 0.4) is 0 Å². The summed E-state index contributed by atoms with van der Waals surface area (Å²) in [4.78, 5) is 24.3. The molecule has 1 unspecified atom stereocenters. The highest BCUT2D eigenvalue weighted by molar-refractivity contribution is 5.76. The lowest BCUT2D eigenvalue weighted by Crippen LogP contribution is -2.29. The Balaban J connectivity index is 0.000000509. The molecule has 1 aromatic heterocycles. The van der Waals surface area contributed by atoms with Crippen LogP contribution in [0.4, 0.5) is 17.6 Å². The second-order valence-corrected chi connectivity index (χ2v) is 8.21. The summed E-state index contributed by atoms with van der Waals surface area (Å²) < 4.78 is 53.7. The third kappa shape index (κ3) is 8.79. The number of alkyl halides is 3. The summed E-state index contributed by atoms with van der Waals surface area (Å²) in [6, 6.07) is 11.2. The average Bonchev–Trinajstić information content (AvgIpc) is 3.11. The fraction of sp³-hybridized carbons (Fsp3) is 0.478. The van der Waals surface area contributed by atoms with E-state index in [-0.39, 0.29) is 18.3 Å². The summed E-state index contributed by atoms with van der Waals surface area (Å²) >= 11 is 0. The van der Waals surface area contributed by atoms with Crippen LogP contribution in [0, 0.1) is 11.7 Å². The fourth-order valence-electron chi connectivity index (χ4n) is 3.47. The molecule has 0 radical (unpaired) electrons. The Morgan fingerprint density at radius 1 is 1.15 bits per heavy atom. The Morgan fingerprint density at radius 2 is 1.82 bits per heavy atom. The average molecular weight is 487 g/mol. The third-order valence-corrected chi connectivity index (χ3v) is 5.27. The van der Waals surface area contributed by atoms with Crippen molar-refractivity contribution in [3.8, 4) is 0 Å². The topological polar surface area (TPSA) is 75.0 Å². The van der Waals surface area contributed by atoms with Crippen LogP contribution in [0.5, 0.6) is 0 Å². The first-order valence-electron chi connectivity index (χ1n) is 10.6. The molecule has 1 N–H and O–H groups in total. The Bertz CT molecular complexity index is 946. The van der Waals surface area contributed by atoms with E-state index in [4.69, 9.17) is 14.6 Å². The van der Waals surface area contributed by atoms with E-state index in [0.29, 0.717) is 19.1 Å². The number of halogens is 4. The number of aliphatic carboxylic acids is 1. The summed E-state index contributed by atoms with van der Waals surface area (Å²) in [5.74, 6) is -2.55. The van der Waals surface area contributed by atoms with Gasteiger partial charge in [0.2, 0.25) is 5.91 Å². The van der Waals surface area contributed by atoms with E-state index in [2.05, 4.69) is 27.8 Å². The number of fused-ring (bicyclic) bond motifs is 1. The van der Waals surface area contributed by atoms with Crippen molar-refractivity contribution in [2.75, 3.05) is 33.9 Å². The number of hydrogen-bond acceptors (Lipinski definition) is 4. The van der Waals surface area contributed by atoms with Crippen molar-refractivity contribution in [1.29, 1.82) is 0 Å². The number of likely N-dealkylation sites (N-methyl/N-ethyl adjacent to an activating group) is 1. The van der Waals surface area contributed by atoms with Crippen molar-refractivity contribution in [2.24, 2.45) is 5.92 Å². The van der Waals surface area contributed by atoms with Crippen molar-refractivity contribution in [3.05, 3.63) is 59.7 Å². The van der Waals surface area contributed by atoms with Crippen molar-refractivity contribution < 1.29 is 37.0 Å². The second-order valence-electron chi connectivity index (χ2n) is 8.21. The first kappa shape index (κ1) is 27.3. The molecule has 3 rings (SSSR count). The van der Waals surface area contributed by atoms with Gasteiger partial charge in [-0.3, -0.25) is 9.69 Å². The smallest absolute Gasteiger partial charge is 0.475 e. The van der Waals surface area contributed by atoms with Crippen LogP contribution in [-0.2, 0) is 34.0 Å². The molecular formula is C23H29F4N3O4. The number of rotatable bonds is 7. The molecule has 0 saturated heterocycles. The van der Waals surface area contributed by atoms with Crippen LogP contribution in [0.2, 0.25) is 0 Å². The maximum atomic E-state index is 14.1. The zero-order valence-electron chi connectivity index (χ0n) is 19.1. The minimum absolute atomic E-state index is 0.0234. The summed E-state index contributed by atoms with van der Waals surface area (Å²) in [5.41, 5.74) is 1.97. The molecule has 1 amide bonds. The van der Waals surface area contributed by atoms with Gasteiger partial charge < -0.3 is 19.3 Å². The second kappa shape index (κ2) is 12.5. The number of benzene rings is 1. The van der Waals surface area contributed by atoms with E-state index in [1.54, 1.807) is 20.2 Å². The SMILES string of the molecule is CN(C)C(=O)COCCC1CN(Cc2ccccc2F)Cc2cccn2C1.O=C(O)C(F)(F)F. The highest BCUT2D eigenvalue weighted by atomic mass is 19.4. The highest BCUT2D eigenvalue weighted by Gasteiger charge is 2.38. The molecule has 0 aliphatic carbocycles. The number of ether oxygens (including phenoxy) is 1. The molecule has 0 bridgehead atoms. The minimum Gasteiger partial charge on any atom is -0.475 e. The van der Waals surface area contributed by atoms with Gasteiger partial charge in [-0.15, -0.1) is 0 Å². The van der Waals surface area contributed by atoms with Gasteiger partial charge in [0.1, 0.15) is 12.4 Å². The van der Waals surface area contributed by atoms with Crippen LogP contribution in [0.15, 0.2) is 42.6 Å². The summed E-state index contributed by atoms with van der Waals surface area (Å²) in [7, 11) is 3.45. The molecule has 1 aromatic carbocycles. The van der Waals surface area contributed by atoms with Crippen molar-refractivity contribution in [1.82, 2.24) is 14.4 Å². The van der Waals surface area contributed by atoms with Gasteiger partial charge in [0.25, 0.3) is 0 Å². The fourth-order valence-corrected chi connectivity index (χ4v) is 3.47. The van der Waals surface area contributed by atoms with Gasteiger partial charge in [-0.1, -0.05) is 18.2 Å². The number of nitrogens with zero attached hydrogens (tertiary/aromatic N) is 3. The molecule has 0 saturated carbocycles. The Labute approximate surface area is 195 Å². The quantitative estimate of drug-likeness (QED) is 0.479. The molecule has 1 aliphatic heterocycles. The van der Waals surface area contributed by atoms with Crippen LogP contribution in [0.1, 0.15) is 17.7 Å². The number of aromatic nitrogens is 1. The van der Waals surface area contributed by atoms with Gasteiger partial charge >= 0.3 is 12.1 Å².